The first-order valence-electron chi connectivity index (χ1n) is 14.8. The van der Waals surface area contributed by atoms with Gasteiger partial charge in [-0.2, -0.15) is 0 Å². The van der Waals surface area contributed by atoms with Crippen LogP contribution in [0.15, 0.2) is 11.1 Å². The van der Waals surface area contributed by atoms with Crippen molar-refractivity contribution in [2.24, 2.45) is 45.3 Å². The van der Waals surface area contributed by atoms with Crippen LogP contribution in [0, 0.1) is 45.3 Å². The van der Waals surface area contributed by atoms with Crippen LogP contribution in [0.4, 0.5) is 0 Å². The second-order valence-electron chi connectivity index (χ2n) is 14.7. The van der Waals surface area contributed by atoms with E-state index in [0.29, 0.717) is 41.2 Å². The van der Waals surface area contributed by atoms with E-state index >= 15 is 0 Å². The zero-order valence-corrected chi connectivity index (χ0v) is 23.3. The molecule has 37 heavy (non-hydrogen) atoms. The number of rotatable bonds is 3. The molecule has 0 saturated heterocycles. The molecule has 206 valence electrons. The molecule has 0 amide bonds. The summed E-state index contributed by atoms with van der Waals surface area (Å²) >= 11 is 0. The predicted molar refractivity (Wildman–Crippen MR) is 138 cm³/mol. The van der Waals surface area contributed by atoms with Crippen molar-refractivity contribution in [3.63, 3.8) is 0 Å². The maximum atomic E-state index is 13.0. The van der Waals surface area contributed by atoms with E-state index in [9.17, 15) is 24.9 Å². The predicted octanol–water partition coefficient (Wildman–Crippen LogP) is 4.34. The summed E-state index contributed by atoms with van der Waals surface area (Å²) in [6.07, 6.45) is 5.32. The van der Waals surface area contributed by atoms with E-state index in [2.05, 4.69) is 27.7 Å². The van der Waals surface area contributed by atoms with Gasteiger partial charge in [0.25, 0.3) is 0 Å². The van der Waals surface area contributed by atoms with Crippen LogP contribution >= 0.6 is 0 Å². The van der Waals surface area contributed by atoms with Gasteiger partial charge in [0, 0.05) is 17.4 Å². The normalized spacial score (nSPS) is 53.2. The van der Waals surface area contributed by atoms with E-state index in [0.717, 1.165) is 12.3 Å². The Morgan fingerprint density at radius 1 is 1.03 bits per heavy atom. The molecule has 0 heterocycles. The highest BCUT2D eigenvalue weighted by Gasteiger charge is 2.73. The molecule has 6 rings (SSSR count). The first kappa shape index (κ1) is 26.0. The van der Waals surface area contributed by atoms with Crippen LogP contribution in [0.25, 0.3) is 0 Å². The lowest BCUT2D eigenvalue weighted by Gasteiger charge is -2.70. The lowest BCUT2D eigenvalue weighted by Crippen LogP contribution is -2.66. The molecule has 6 aliphatic carbocycles. The average molecular weight is 515 g/mol. The summed E-state index contributed by atoms with van der Waals surface area (Å²) in [5.74, 6) is 1.16. The number of aliphatic hydroxyl groups excluding tert-OH is 3. The van der Waals surface area contributed by atoms with Crippen molar-refractivity contribution in [1.29, 1.82) is 0 Å². The van der Waals surface area contributed by atoms with Crippen LogP contribution in [0.5, 0.6) is 0 Å². The topological polar surface area (TPSA) is 104 Å². The number of hydrogen-bond acceptors (Lipinski definition) is 6. The number of aliphatic hydroxyl groups is 3. The van der Waals surface area contributed by atoms with Crippen LogP contribution in [0.2, 0.25) is 0 Å². The van der Waals surface area contributed by atoms with E-state index in [1.807, 2.05) is 0 Å². The van der Waals surface area contributed by atoms with Crippen LogP contribution in [0.1, 0.15) is 98.8 Å². The van der Waals surface area contributed by atoms with Gasteiger partial charge in [-0.1, -0.05) is 34.1 Å². The van der Waals surface area contributed by atoms with Crippen LogP contribution in [0.3, 0.4) is 0 Å². The van der Waals surface area contributed by atoms with E-state index in [4.69, 9.17) is 4.74 Å². The average Bonchev–Trinajstić information content (AvgIpc) is 3.30. The van der Waals surface area contributed by atoms with Crippen molar-refractivity contribution in [2.75, 3.05) is 0 Å². The first-order chi connectivity index (χ1) is 17.3. The van der Waals surface area contributed by atoms with Gasteiger partial charge in [0.05, 0.1) is 24.7 Å². The fourth-order valence-corrected chi connectivity index (χ4v) is 11.5. The van der Waals surface area contributed by atoms with Crippen LogP contribution < -0.4 is 0 Å². The quantitative estimate of drug-likeness (QED) is 0.484. The van der Waals surface area contributed by atoms with E-state index < -0.39 is 35.8 Å². The van der Waals surface area contributed by atoms with Gasteiger partial charge in [-0.25, -0.2) is 0 Å². The molecular formula is C31H46O6. The molecule has 0 aromatic rings. The molecule has 0 aromatic heterocycles. The van der Waals surface area contributed by atoms with Gasteiger partial charge in [-0.05, 0) is 97.4 Å². The number of Topliss-reactive ketones (excluding diaryl/α,β-unsaturated/α-hetero) is 1. The third kappa shape index (κ3) is 3.34. The zero-order chi connectivity index (χ0) is 26.7. The van der Waals surface area contributed by atoms with Crippen molar-refractivity contribution in [3.05, 3.63) is 11.1 Å². The smallest absolute Gasteiger partial charge is 0.308 e. The Kier molecular flexibility index (Phi) is 5.72. The van der Waals surface area contributed by atoms with Crippen LogP contribution in [-0.4, -0.2) is 51.5 Å². The third-order valence-corrected chi connectivity index (χ3v) is 13.0. The second-order valence-corrected chi connectivity index (χ2v) is 14.7. The zero-order valence-electron chi connectivity index (χ0n) is 23.3. The van der Waals surface area contributed by atoms with Gasteiger partial charge in [-0.15, -0.1) is 0 Å². The molecular weight excluding hydrogens is 468 g/mol. The molecule has 3 N–H and O–H groups in total. The van der Waals surface area contributed by atoms with Gasteiger partial charge in [0.1, 0.15) is 6.10 Å². The summed E-state index contributed by atoms with van der Waals surface area (Å²) in [6, 6.07) is 0. The summed E-state index contributed by atoms with van der Waals surface area (Å²) < 4.78 is 6.27. The Morgan fingerprint density at radius 3 is 2.35 bits per heavy atom. The highest BCUT2D eigenvalue weighted by molar-refractivity contribution is 6.01. The standard InChI is InChI=1S/C31H46O6/c1-16-15-31(16)9-6-8-28(3)21(31)7-10-29(4)22(28)14-24(37-25(36)11-17(2)32)30(5)23(29)13-19(34)26-18(33)12-20(35)27(26)30/h16-17,19-24,32,34-35H,6-15H2,1-5H3/t16-,17?,19+,20+,21+,22+,23-,24-,28-,29+,30+,31-/m0/s1. The maximum Gasteiger partial charge on any atom is 0.308 e. The number of esters is 1. The van der Waals surface area contributed by atoms with Gasteiger partial charge in [0.15, 0.2) is 5.78 Å². The number of ether oxygens (including phenoxy) is 1. The molecule has 0 aromatic carbocycles. The summed E-state index contributed by atoms with van der Waals surface area (Å²) in [7, 11) is 0. The van der Waals surface area contributed by atoms with Crippen molar-refractivity contribution < 1.29 is 29.6 Å². The molecule has 0 aliphatic heterocycles. The van der Waals surface area contributed by atoms with Crippen molar-refractivity contribution in [3.8, 4) is 0 Å². The number of carbonyl (C=O) groups is 2. The minimum Gasteiger partial charge on any atom is -0.461 e. The maximum absolute atomic E-state index is 13.0. The molecule has 1 spiro atoms. The minimum absolute atomic E-state index is 0.00127. The molecule has 6 heteroatoms. The number of ketones is 1. The Hall–Kier alpha value is -1.24. The SMILES string of the molecule is CC(O)CC(=O)O[C@H]1C[C@@H]2[C@@]3(C)CCC[C@@]4(C[C@@H]4C)[C@@H]3CC[C@@]2(C)[C@@H]2C[C@@H](O)C3=C([C@H](O)CC3=O)[C@@]12C. The van der Waals surface area contributed by atoms with Crippen molar-refractivity contribution in [2.45, 2.75) is 123 Å². The Balaban J connectivity index is 1.47. The minimum atomic E-state index is -0.944. The number of hydrogen-bond donors (Lipinski definition) is 3. The summed E-state index contributed by atoms with van der Waals surface area (Å²) in [5, 5.41) is 32.4. The Morgan fingerprint density at radius 2 is 1.70 bits per heavy atom. The van der Waals surface area contributed by atoms with E-state index in [1.54, 1.807) is 6.92 Å². The summed E-state index contributed by atoms with van der Waals surface area (Å²) in [6.45, 7) is 11.0. The molecule has 0 bridgehead atoms. The number of fused-ring (bicyclic) bond motifs is 7. The number of carbonyl (C=O) groups excluding carboxylic acids is 2. The van der Waals surface area contributed by atoms with Gasteiger partial charge < -0.3 is 20.1 Å². The molecule has 6 aliphatic rings. The fraction of sp³-hybridized carbons (Fsp3) is 0.871. The highest BCUT2D eigenvalue weighted by Crippen LogP contribution is 2.78. The fourth-order valence-electron chi connectivity index (χ4n) is 11.5. The van der Waals surface area contributed by atoms with Gasteiger partial charge >= 0.3 is 5.97 Å². The third-order valence-electron chi connectivity index (χ3n) is 13.0. The summed E-state index contributed by atoms with van der Waals surface area (Å²) in [5.41, 5.74) is 0.781. The lowest BCUT2D eigenvalue weighted by atomic mass is 9.35. The van der Waals surface area contributed by atoms with Crippen molar-refractivity contribution >= 4 is 11.8 Å². The summed E-state index contributed by atoms with van der Waals surface area (Å²) in [4.78, 5) is 25.9. The Bertz CT molecular complexity index is 1050. The van der Waals surface area contributed by atoms with E-state index in [-0.39, 0.29) is 35.4 Å². The highest BCUT2D eigenvalue weighted by atomic mass is 16.5. The molecule has 0 radical (unpaired) electrons. The Labute approximate surface area is 221 Å². The first-order valence-corrected chi connectivity index (χ1v) is 14.8. The van der Waals surface area contributed by atoms with Crippen LogP contribution in [-0.2, 0) is 14.3 Å². The molecule has 1 unspecified atom stereocenters. The molecule has 12 atom stereocenters. The van der Waals surface area contributed by atoms with Gasteiger partial charge in [-0.3, -0.25) is 9.59 Å². The molecule has 6 nitrogen and oxygen atoms in total. The van der Waals surface area contributed by atoms with Gasteiger partial charge in [0.2, 0.25) is 0 Å². The second kappa shape index (κ2) is 8.14. The lowest BCUT2D eigenvalue weighted by molar-refractivity contribution is -0.228. The molecule has 4 fully saturated rings. The molecule has 4 saturated carbocycles. The van der Waals surface area contributed by atoms with E-state index in [1.165, 1.54) is 32.1 Å². The monoisotopic (exact) mass is 514 g/mol. The van der Waals surface area contributed by atoms with Crippen molar-refractivity contribution in [1.82, 2.24) is 0 Å². The largest absolute Gasteiger partial charge is 0.461 e.